The van der Waals surface area contributed by atoms with Crippen LogP contribution in [-0.2, 0) is 0 Å². The van der Waals surface area contributed by atoms with Crippen LogP contribution in [0.1, 0.15) is 19.3 Å². The summed E-state index contributed by atoms with van der Waals surface area (Å²) in [6.07, 6.45) is 4.32. The molecule has 2 heteroatoms. The van der Waals surface area contributed by atoms with Crippen molar-refractivity contribution in [2.24, 2.45) is 17.6 Å². The van der Waals surface area contributed by atoms with E-state index in [0.717, 1.165) is 18.4 Å². The second-order valence-corrected chi connectivity index (χ2v) is 4.24. The van der Waals surface area contributed by atoms with Crippen LogP contribution in [0.5, 0.6) is 0 Å². The van der Waals surface area contributed by atoms with Crippen LogP contribution in [0.2, 0.25) is 0 Å². The molecular formula is C9H18N2. The first-order chi connectivity index (χ1) is 5.27. The van der Waals surface area contributed by atoms with Gasteiger partial charge in [0.2, 0.25) is 0 Å². The highest BCUT2D eigenvalue weighted by atomic mass is 15.1. The summed E-state index contributed by atoms with van der Waals surface area (Å²) in [6, 6.07) is 0.463. The Morgan fingerprint density at radius 1 is 1.27 bits per heavy atom. The van der Waals surface area contributed by atoms with E-state index in [-0.39, 0.29) is 0 Å². The van der Waals surface area contributed by atoms with Crippen molar-refractivity contribution in [2.75, 3.05) is 20.1 Å². The summed E-state index contributed by atoms with van der Waals surface area (Å²) in [7, 11) is 2.18. The average molecular weight is 154 g/mol. The van der Waals surface area contributed by atoms with Gasteiger partial charge in [0.25, 0.3) is 0 Å². The zero-order chi connectivity index (χ0) is 7.84. The van der Waals surface area contributed by atoms with Crippen LogP contribution >= 0.6 is 0 Å². The molecule has 2 aliphatic rings. The molecule has 2 rings (SSSR count). The lowest BCUT2D eigenvalue weighted by atomic mass is 9.74. The molecule has 2 atom stereocenters. The molecule has 64 valence electrons. The molecule has 0 bridgehead atoms. The van der Waals surface area contributed by atoms with E-state index in [1.807, 2.05) is 0 Å². The van der Waals surface area contributed by atoms with E-state index in [0.29, 0.717) is 6.04 Å². The number of hydrogen-bond acceptors (Lipinski definition) is 2. The van der Waals surface area contributed by atoms with Gasteiger partial charge in [-0.3, -0.25) is 0 Å². The van der Waals surface area contributed by atoms with Gasteiger partial charge in [0.15, 0.2) is 0 Å². The van der Waals surface area contributed by atoms with Crippen molar-refractivity contribution in [3.8, 4) is 0 Å². The standard InChI is InChI=1S/C9H18N2/c1-11-5-8(9(10)6-11)7-3-2-4-7/h7-9H,2-6,10H2,1H3. The highest BCUT2D eigenvalue weighted by molar-refractivity contribution is 4.92. The van der Waals surface area contributed by atoms with E-state index in [9.17, 15) is 0 Å². The van der Waals surface area contributed by atoms with Gasteiger partial charge < -0.3 is 10.6 Å². The zero-order valence-electron chi connectivity index (χ0n) is 7.29. The number of likely N-dealkylation sites (tertiary alicyclic amines) is 1. The average Bonchev–Trinajstić information content (AvgIpc) is 2.07. The molecule has 2 nitrogen and oxygen atoms in total. The van der Waals surface area contributed by atoms with Gasteiger partial charge >= 0.3 is 0 Å². The molecule has 2 unspecified atom stereocenters. The van der Waals surface area contributed by atoms with Gasteiger partial charge in [-0.2, -0.15) is 0 Å². The van der Waals surface area contributed by atoms with Crippen molar-refractivity contribution >= 4 is 0 Å². The van der Waals surface area contributed by atoms with Crippen LogP contribution in [0.3, 0.4) is 0 Å². The zero-order valence-corrected chi connectivity index (χ0v) is 7.29. The third-order valence-corrected chi connectivity index (χ3v) is 3.35. The van der Waals surface area contributed by atoms with Gasteiger partial charge in [0, 0.05) is 19.1 Å². The number of likely N-dealkylation sites (N-methyl/N-ethyl adjacent to an activating group) is 1. The Morgan fingerprint density at radius 3 is 2.36 bits per heavy atom. The predicted octanol–water partition coefficient (Wildman–Crippen LogP) is 0.675. The summed E-state index contributed by atoms with van der Waals surface area (Å²) in [5.41, 5.74) is 6.04. The van der Waals surface area contributed by atoms with Crippen LogP contribution < -0.4 is 5.73 Å². The fraction of sp³-hybridized carbons (Fsp3) is 1.00. The van der Waals surface area contributed by atoms with E-state index >= 15 is 0 Å². The van der Waals surface area contributed by atoms with E-state index in [4.69, 9.17) is 5.73 Å². The van der Waals surface area contributed by atoms with Crippen LogP contribution in [0.25, 0.3) is 0 Å². The molecule has 1 heterocycles. The lowest BCUT2D eigenvalue weighted by molar-refractivity contribution is 0.197. The van der Waals surface area contributed by atoms with Gasteiger partial charge in [-0.05, 0) is 18.9 Å². The third kappa shape index (κ3) is 1.30. The summed E-state index contributed by atoms with van der Waals surface area (Å²) < 4.78 is 0. The Labute approximate surface area is 68.7 Å². The maximum absolute atomic E-state index is 6.04. The Kier molecular flexibility index (Phi) is 1.90. The minimum absolute atomic E-state index is 0.463. The SMILES string of the molecule is CN1CC(N)C(C2CCC2)C1. The van der Waals surface area contributed by atoms with E-state index < -0.39 is 0 Å². The first kappa shape index (κ1) is 7.56. The van der Waals surface area contributed by atoms with Crippen molar-refractivity contribution in [2.45, 2.75) is 25.3 Å². The highest BCUT2D eigenvalue weighted by Gasteiger charge is 2.36. The minimum Gasteiger partial charge on any atom is -0.326 e. The summed E-state index contributed by atoms with van der Waals surface area (Å²) in [4.78, 5) is 2.37. The molecule has 0 aromatic heterocycles. The molecule has 0 spiro atoms. The molecule has 1 saturated heterocycles. The largest absolute Gasteiger partial charge is 0.326 e. The van der Waals surface area contributed by atoms with Crippen LogP contribution in [-0.4, -0.2) is 31.1 Å². The lowest BCUT2D eigenvalue weighted by Gasteiger charge is -2.33. The van der Waals surface area contributed by atoms with Crippen LogP contribution in [0, 0.1) is 11.8 Å². The summed E-state index contributed by atoms with van der Waals surface area (Å²) >= 11 is 0. The molecule has 1 aliphatic carbocycles. The first-order valence-corrected chi connectivity index (χ1v) is 4.71. The highest BCUT2D eigenvalue weighted by Crippen LogP contribution is 2.37. The second kappa shape index (κ2) is 2.76. The fourth-order valence-electron chi connectivity index (χ4n) is 2.43. The van der Waals surface area contributed by atoms with Gasteiger partial charge in [-0.25, -0.2) is 0 Å². The van der Waals surface area contributed by atoms with Crippen LogP contribution in [0.15, 0.2) is 0 Å². The van der Waals surface area contributed by atoms with E-state index in [2.05, 4.69) is 11.9 Å². The summed E-state index contributed by atoms with van der Waals surface area (Å²) in [6.45, 7) is 2.35. The van der Waals surface area contributed by atoms with Gasteiger partial charge in [-0.15, -0.1) is 0 Å². The van der Waals surface area contributed by atoms with Gasteiger partial charge in [-0.1, -0.05) is 19.3 Å². The third-order valence-electron chi connectivity index (χ3n) is 3.35. The molecule has 2 N–H and O–H groups in total. The molecular weight excluding hydrogens is 136 g/mol. The van der Waals surface area contributed by atoms with E-state index in [1.165, 1.54) is 25.8 Å². The number of hydrogen-bond donors (Lipinski definition) is 1. The molecule has 1 aliphatic heterocycles. The molecule has 0 radical (unpaired) electrons. The van der Waals surface area contributed by atoms with Crippen molar-refractivity contribution in [1.29, 1.82) is 0 Å². The normalized spacial score (nSPS) is 40.9. The van der Waals surface area contributed by atoms with Crippen molar-refractivity contribution in [1.82, 2.24) is 4.90 Å². The molecule has 1 saturated carbocycles. The van der Waals surface area contributed by atoms with Crippen LogP contribution in [0.4, 0.5) is 0 Å². The van der Waals surface area contributed by atoms with Crippen molar-refractivity contribution in [3.05, 3.63) is 0 Å². The van der Waals surface area contributed by atoms with Crippen molar-refractivity contribution in [3.63, 3.8) is 0 Å². The monoisotopic (exact) mass is 154 g/mol. The van der Waals surface area contributed by atoms with Crippen molar-refractivity contribution < 1.29 is 0 Å². The molecule has 2 fully saturated rings. The Hall–Kier alpha value is -0.0800. The van der Waals surface area contributed by atoms with Gasteiger partial charge in [0.1, 0.15) is 0 Å². The number of nitrogens with zero attached hydrogens (tertiary/aromatic N) is 1. The Balaban J connectivity index is 1.92. The minimum atomic E-state index is 0.463. The number of nitrogens with two attached hydrogens (primary N) is 1. The maximum atomic E-state index is 6.04. The van der Waals surface area contributed by atoms with E-state index in [1.54, 1.807) is 0 Å². The molecule has 0 amide bonds. The fourth-order valence-corrected chi connectivity index (χ4v) is 2.43. The molecule has 11 heavy (non-hydrogen) atoms. The Morgan fingerprint density at radius 2 is 2.00 bits per heavy atom. The maximum Gasteiger partial charge on any atom is 0.0211 e. The molecule has 0 aromatic carbocycles. The first-order valence-electron chi connectivity index (χ1n) is 4.71. The van der Waals surface area contributed by atoms with Gasteiger partial charge in [0.05, 0.1) is 0 Å². The lowest BCUT2D eigenvalue weighted by Crippen LogP contribution is -2.36. The topological polar surface area (TPSA) is 29.3 Å². The number of rotatable bonds is 1. The summed E-state index contributed by atoms with van der Waals surface area (Å²) in [5, 5.41) is 0. The summed E-state index contributed by atoms with van der Waals surface area (Å²) in [5.74, 6) is 1.78. The second-order valence-electron chi connectivity index (χ2n) is 4.24. The predicted molar refractivity (Wildman–Crippen MR) is 46.3 cm³/mol. The quantitative estimate of drug-likeness (QED) is 0.601. The molecule has 0 aromatic rings. The smallest absolute Gasteiger partial charge is 0.0211 e. The Bertz CT molecular complexity index is 140.